The lowest BCUT2D eigenvalue weighted by Crippen LogP contribution is -2.42. The Bertz CT molecular complexity index is 1520. The number of aliphatic carboxylic acids is 10. The van der Waals surface area contributed by atoms with Crippen LogP contribution in [-0.2, 0) is 57.5 Å². The first-order chi connectivity index (χ1) is 27.9. The number of cyclic esters (lactones) is 1. The number of hydrogen-bond donors (Lipinski definition) is 21. The van der Waals surface area contributed by atoms with Crippen LogP contribution >= 0.6 is 0 Å². The fraction of sp³-hybridized carbons (Fsp3) is 0.483. The van der Waals surface area contributed by atoms with Gasteiger partial charge in [0.05, 0.1) is 25.9 Å². The average Bonchev–Trinajstić information content (AvgIpc) is 3.36. The van der Waals surface area contributed by atoms with Crippen molar-refractivity contribution in [1.82, 2.24) is 0 Å². The van der Waals surface area contributed by atoms with Gasteiger partial charge in [-0.3, -0.25) is 19.2 Å². The van der Waals surface area contributed by atoms with E-state index in [1.54, 1.807) is 0 Å². The molecule has 0 amide bonds. The highest BCUT2D eigenvalue weighted by atomic mass is 16.6. The van der Waals surface area contributed by atoms with Crippen LogP contribution in [0.25, 0.3) is 0 Å². The molecule has 33 heteroatoms. The van der Waals surface area contributed by atoms with Gasteiger partial charge in [0.25, 0.3) is 5.97 Å². The Kier molecular flexibility index (Phi) is 37.4. The normalized spacial score (nSPS) is 14.8. The minimum absolute atomic E-state index is 0.657. The molecule has 358 valence electrons. The Labute approximate surface area is 342 Å². The highest BCUT2D eigenvalue weighted by Gasteiger charge is 2.41. The summed E-state index contributed by atoms with van der Waals surface area (Å²) in [5.41, 5.74) is -2.74. The lowest BCUT2D eigenvalue weighted by atomic mass is 9.96. The maximum atomic E-state index is 10.5. The van der Waals surface area contributed by atoms with Crippen LogP contribution in [0, 0.1) is 0 Å². The maximum absolute atomic E-state index is 10.5. The number of hydrogen-bond acceptors (Lipinski definition) is 23. The van der Waals surface area contributed by atoms with E-state index in [2.05, 4.69) is 4.74 Å². The quantitative estimate of drug-likeness (QED) is 0.0388. The van der Waals surface area contributed by atoms with E-state index < -0.39 is 152 Å². The molecule has 0 aliphatic carbocycles. The van der Waals surface area contributed by atoms with Crippen LogP contribution in [0.4, 0.5) is 0 Å². The molecule has 33 nitrogen and oxygen atoms in total. The van der Waals surface area contributed by atoms with Crippen molar-refractivity contribution in [3.63, 3.8) is 0 Å². The first-order valence-corrected chi connectivity index (χ1v) is 15.2. The van der Waals surface area contributed by atoms with Gasteiger partial charge < -0.3 is 112 Å². The average molecular weight is 921 g/mol. The Hall–Kier alpha value is -7.11. The number of aliphatic hydroxyl groups is 11. The molecule has 0 bridgehead atoms. The predicted molar refractivity (Wildman–Crippen MR) is 183 cm³/mol. The number of carbonyl (C=O) groups excluding carboxylic acids is 1. The number of esters is 1. The Morgan fingerprint density at radius 1 is 0.661 bits per heavy atom. The SMILES string of the molecule is CC(=O)O.CC(O)C(=O)O.O=C(O)/C=C\C(O)O.O=C(O)C(O)C(O)C(=O)O.O=C(O)CC(O)(CC(=O)O)C(=O)O.O=C(O)CC(O)C(=O)O.O=C1O[C@H]([C@@H](O)CO)C(O)=C1O. The molecule has 0 saturated carbocycles. The number of aliphatic hydroxyl groups excluding tert-OH is 9. The molecule has 4 unspecified atom stereocenters. The van der Waals surface area contributed by atoms with Crippen molar-refractivity contribution < 1.29 is 165 Å². The van der Waals surface area contributed by atoms with Gasteiger partial charge in [0.2, 0.25) is 5.76 Å². The summed E-state index contributed by atoms with van der Waals surface area (Å²) < 4.78 is 4.32. The number of ether oxygens (including phenoxy) is 1. The van der Waals surface area contributed by atoms with Gasteiger partial charge in [-0.15, -0.1) is 0 Å². The molecule has 0 spiro atoms. The predicted octanol–water partition coefficient (Wildman–Crippen LogP) is -7.39. The molecule has 0 radical (unpaired) electrons. The van der Waals surface area contributed by atoms with Crippen LogP contribution < -0.4 is 0 Å². The summed E-state index contributed by atoms with van der Waals surface area (Å²) in [6.07, 6.45) is -13.6. The number of carboxylic acids is 10. The molecule has 0 aromatic heterocycles. The van der Waals surface area contributed by atoms with Gasteiger partial charge in [0.15, 0.2) is 42.1 Å². The Morgan fingerprint density at radius 2 is 1.02 bits per heavy atom. The van der Waals surface area contributed by atoms with Gasteiger partial charge in [-0.25, -0.2) is 33.6 Å². The molecular formula is C29H44O33. The van der Waals surface area contributed by atoms with Crippen LogP contribution in [0.5, 0.6) is 0 Å². The van der Waals surface area contributed by atoms with Crippen LogP contribution in [0.1, 0.15) is 33.1 Å². The van der Waals surface area contributed by atoms with E-state index in [4.69, 9.17) is 112 Å². The molecule has 0 aromatic rings. The largest absolute Gasteiger partial charge is 0.505 e. The topological polar surface area (TPSA) is 622 Å². The van der Waals surface area contributed by atoms with Crippen molar-refractivity contribution in [3.05, 3.63) is 23.7 Å². The first-order valence-electron chi connectivity index (χ1n) is 15.2. The highest BCUT2D eigenvalue weighted by Crippen LogP contribution is 2.21. The van der Waals surface area contributed by atoms with Crippen molar-refractivity contribution in [2.45, 2.75) is 81.6 Å². The fourth-order valence-electron chi connectivity index (χ4n) is 2.23. The highest BCUT2D eigenvalue weighted by molar-refractivity contribution is 5.89. The molecule has 0 aromatic carbocycles. The van der Waals surface area contributed by atoms with E-state index in [9.17, 15) is 47.9 Å². The van der Waals surface area contributed by atoms with Gasteiger partial charge in [0.1, 0.15) is 12.2 Å². The molecule has 62 heavy (non-hydrogen) atoms. The summed E-state index contributed by atoms with van der Waals surface area (Å²) in [5.74, 6) is -17.4. The van der Waals surface area contributed by atoms with E-state index in [0.717, 1.165) is 13.0 Å². The van der Waals surface area contributed by atoms with Gasteiger partial charge in [-0.05, 0) is 13.0 Å². The molecule has 0 saturated heterocycles. The molecule has 6 atom stereocenters. The standard InChI is InChI=1S/C6H8O7.C6H8O6.C4H6O6.C4H6O5.C4H6O4.C3H6O3.C2H4O2/c7-3(8)1-6(13,5(11)12)2-4(9)10;7-1-2(8)5-3(9)4(10)6(11)12-5;5-1(3(7)8)2(6)4(9)10;5-2(4(8)9)1-3(6)7;5-3(6)1-2-4(7)8;1-2(4)3(5)6;1-2(3)4/h13H,1-2H2,(H,7,8)(H,9,10)(H,11,12);2,5,7-10H,1H2;1-2,5-6H,(H,7,8)(H,9,10);2,5H,1H2,(H,6,7)(H,8,9);1-3,5-6H,(H,7,8);2,4H,1H3,(H,5,6);1H3,(H,3,4)/b;;;;2-1-;;/t;2-,5+;;;;;/m.0...../s1. The smallest absolute Gasteiger partial charge is 0.377 e. The second kappa shape index (κ2) is 34.7. The molecule has 1 aliphatic rings. The monoisotopic (exact) mass is 920 g/mol. The zero-order chi connectivity index (χ0) is 51.0. The van der Waals surface area contributed by atoms with Gasteiger partial charge in [0, 0.05) is 13.0 Å². The molecule has 1 rings (SSSR count). The third kappa shape index (κ3) is 39.7. The van der Waals surface area contributed by atoms with Crippen molar-refractivity contribution in [2.75, 3.05) is 6.61 Å². The van der Waals surface area contributed by atoms with Crippen molar-refractivity contribution >= 4 is 65.7 Å². The molecule has 21 N–H and O–H groups in total. The lowest BCUT2D eigenvalue weighted by molar-refractivity contribution is -0.170. The van der Waals surface area contributed by atoms with Crippen LogP contribution in [0.3, 0.4) is 0 Å². The summed E-state index contributed by atoms with van der Waals surface area (Å²) in [4.78, 5) is 108. The van der Waals surface area contributed by atoms with E-state index in [0.29, 0.717) is 6.08 Å². The number of carboxylic acid groups (broad SMARTS) is 10. The van der Waals surface area contributed by atoms with E-state index in [1.165, 1.54) is 6.92 Å². The number of rotatable bonds is 16. The maximum Gasteiger partial charge on any atom is 0.377 e. The third-order valence-corrected chi connectivity index (χ3v) is 4.99. The summed E-state index contributed by atoms with van der Waals surface area (Å²) >= 11 is 0. The molecular weight excluding hydrogens is 876 g/mol. The second-order valence-corrected chi connectivity index (χ2v) is 10.4. The van der Waals surface area contributed by atoms with E-state index >= 15 is 0 Å². The van der Waals surface area contributed by atoms with Gasteiger partial charge in [-0.2, -0.15) is 0 Å². The fourth-order valence-corrected chi connectivity index (χ4v) is 2.23. The van der Waals surface area contributed by atoms with Crippen molar-refractivity contribution in [2.24, 2.45) is 0 Å². The van der Waals surface area contributed by atoms with Gasteiger partial charge >= 0.3 is 59.7 Å². The molecule has 0 fully saturated rings. The summed E-state index contributed by atoms with van der Waals surface area (Å²) in [7, 11) is 0. The van der Waals surface area contributed by atoms with E-state index in [-0.39, 0.29) is 0 Å². The zero-order valence-electron chi connectivity index (χ0n) is 31.3. The minimum Gasteiger partial charge on any atom is -0.505 e. The number of carbonyl (C=O) groups is 11. The molecule has 1 heterocycles. The van der Waals surface area contributed by atoms with Crippen LogP contribution in [0.15, 0.2) is 23.7 Å². The zero-order valence-corrected chi connectivity index (χ0v) is 31.3. The second-order valence-electron chi connectivity index (χ2n) is 10.4. The van der Waals surface area contributed by atoms with Crippen molar-refractivity contribution in [3.8, 4) is 0 Å². The first kappa shape index (κ1) is 66.7. The third-order valence-electron chi connectivity index (χ3n) is 4.99. The van der Waals surface area contributed by atoms with Crippen molar-refractivity contribution in [1.29, 1.82) is 0 Å². The minimum atomic E-state index is -2.74. The summed E-state index contributed by atoms with van der Waals surface area (Å²) in [5, 5.41) is 173. The Morgan fingerprint density at radius 3 is 1.16 bits per heavy atom. The lowest BCUT2D eigenvalue weighted by Gasteiger charge is -2.18. The molecule has 1 aliphatic heterocycles. The summed E-state index contributed by atoms with van der Waals surface area (Å²) in [6.45, 7) is 1.61. The van der Waals surface area contributed by atoms with Crippen LogP contribution in [-0.4, -0.2) is 228 Å². The Balaban J connectivity index is -0.000000151. The van der Waals surface area contributed by atoms with E-state index in [1.807, 2.05) is 0 Å². The van der Waals surface area contributed by atoms with Gasteiger partial charge in [-0.1, -0.05) is 0 Å². The van der Waals surface area contributed by atoms with Crippen LogP contribution in [0.2, 0.25) is 0 Å². The summed E-state index contributed by atoms with van der Waals surface area (Å²) in [6, 6.07) is 0.